The molecule has 8 nitrogen and oxygen atoms in total. The fourth-order valence-corrected chi connectivity index (χ4v) is 7.42. The molecule has 3 saturated heterocycles. The van der Waals surface area contributed by atoms with Crippen LogP contribution in [0.5, 0.6) is 0 Å². The van der Waals surface area contributed by atoms with E-state index >= 15 is 0 Å². The van der Waals surface area contributed by atoms with Crippen LogP contribution in [-0.4, -0.2) is 70.8 Å². The van der Waals surface area contributed by atoms with E-state index in [0.717, 1.165) is 5.56 Å². The first-order valence-electron chi connectivity index (χ1n) is 14.3. The van der Waals surface area contributed by atoms with E-state index in [1.54, 1.807) is 35.2 Å². The zero-order valence-corrected chi connectivity index (χ0v) is 24.7. The molecule has 1 N–H and O–H groups in total. The minimum absolute atomic E-state index is 0.00324. The van der Waals surface area contributed by atoms with Crippen molar-refractivity contribution in [3.63, 3.8) is 0 Å². The lowest BCUT2D eigenvalue weighted by Crippen LogP contribution is -2.59. The maximum atomic E-state index is 14.8. The Hall–Kier alpha value is -3.46. The lowest BCUT2D eigenvalue weighted by Gasteiger charge is -2.39. The molecule has 0 radical (unpaired) electrons. The van der Waals surface area contributed by atoms with Crippen molar-refractivity contribution in [3.05, 3.63) is 90.5 Å². The monoisotopic (exact) mass is 592 g/mol. The number of rotatable bonds is 11. The summed E-state index contributed by atoms with van der Waals surface area (Å²) in [5.74, 6) is -3.35. The number of esters is 1. The quantitative estimate of drug-likeness (QED) is 0.310. The summed E-state index contributed by atoms with van der Waals surface area (Å²) in [6.45, 7) is 11.1. The molecule has 3 unspecified atom stereocenters. The molecule has 2 aromatic rings. The number of carbonyl (C=O) groups excluding carboxylic acids is 3. The van der Waals surface area contributed by atoms with Crippen molar-refractivity contribution in [2.24, 2.45) is 17.8 Å². The van der Waals surface area contributed by atoms with Crippen LogP contribution in [0.3, 0.4) is 0 Å². The van der Waals surface area contributed by atoms with Crippen LogP contribution in [0.15, 0.2) is 79.9 Å². The molecule has 2 bridgehead atoms. The molecule has 42 heavy (non-hydrogen) atoms. The third kappa shape index (κ3) is 4.75. The average Bonchev–Trinajstić information content (AvgIpc) is 3.50. The van der Waals surface area contributed by atoms with E-state index in [4.69, 9.17) is 21.1 Å². The van der Waals surface area contributed by atoms with Gasteiger partial charge < -0.3 is 24.4 Å². The molecule has 2 aromatic carbocycles. The van der Waals surface area contributed by atoms with Gasteiger partial charge in [-0.15, -0.1) is 6.58 Å². The summed E-state index contributed by atoms with van der Waals surface area (Å²) in [5.41, 5.74) is -0.830. The summed E-state index contributed by atoms with van der Waals surface area (Å²) < 4.78 is 12.3. The molecule has 2 amide bonds. The van der Waals surface area contributed by atoms with Crippen LogP contribution in [0.2, 0.25) is 5.02 Å². The molecule has 0 aromatic heterocycles. The van der Waals surface area contributed by atoms with Gasteiger partial charge in [0.1, 0.15) is 24.2 Å². The third-order valence-corrected chi connectivity index (χ3v) is 9.47. The van der Waals surface area contributed by atoms with Gasteiger partial charge in [-0.05, 0) is 55.5 Å². The van der Waals surface area contributed by atoms with E-state index in [-0.39, 0.29) is 31.6 Å². The number of likely N-dealkylation sites (tertiary alicyclic amines) is 1. The van der Waals surface area contributed by atoms with Gasteiger partial charge in [0.2, 0.25) is 5.91 Å². The smallest absolute Gasteiger partial charge is 0.313 e. The average molecular weight is 593 g/mol. The normalized spacial score (nSPS) is 30.1. The lowest BCUT2D eigenvalue weighted by molar-refractivity contribution is -0.161. The zero-order chi connectivity index (χ0) is 30.2. The van der Waals surface area contributed by atoms with E-state index in [9.17, 15) is 19.5 Å². The fraction of sp³-hybridized carbons (Fsp3) is 0.424. The van der Waals surface area contributed by atoms with Crippen LogP contribution in [0, 0.1) is 17.8 Å². The summed E-state index contributed by atoms with van der Waals surface area (Å²) in [6, 6.07) is 14.5. The van der Waals surface area contributed by atoms with Crippen LogP contribution in [0.25, 0.3) is 0 Å². The molecular weight excluding hydrogens is 556 g/mol. The Labute approximate surface area is 251 Å². The summed E-state index contributed by atoms with van der Waals surface area (Å²) >= 11 is 6.14. The highest BCUT2D eigenvalue weighted by Gasteiger charge is 2.80. The van der Waals surface area contributed by atoms with Crippen LogP contribution >= 0.6 is 11.6 Å². The Morgan fingerprint density at radius 1 is 1.19 bits per heavy atom. The number of ether oxygens (including phenoxy) is 2. The molecule has 9 heteroatoms. The Bertz CT molecular complexity index is 1370. The molecule has 1 spiro atoms. The summed E-state index contributed by atoms with van der Waals surface area (Å²) in [6.07, 6.45) is 3.80. The van der Waals surface area contributed by atoms with Gasteiger partial charge in [-0.3, -0.25) is 14.4 Å². The number of aliphatic hydroxyl groups is 1. The van der Waals surface area contributed by atoms with E-state index < -0.39 is 47.0 Å². The van der Waals surface area contributed by atoms with E-state index in [1.165, 1.54) is 11.0 Å². The van der Waals surface area contributed by atoms with Crippen molar-refractivity contribution in [1.29, 1.82) is 0 Å². The first-order valence-corrected chi connectivity index (χ1v) is 14.6. The van der Waals surface area contributed by atoms with E-state index in [2.05, 4.69) is 13.2 Å². The summed E-state index contributed by atoms with van der Waals surface area (Å²) in [4.78, 5) is 45.9. The minimum Gasteiger partial charge on any atom is -0.461 e. The molecule has 0 saturated carbocycles. The van der Waals surface area contributed by atoms with E-state index in [0.29, 0.717) is 23.6 Å². The maximum Gasteiger partial charge on any atom is 0.313 e. The molecule has 3 aliphatic heterocycles. The Balaban J connectivity index is 1.64. The van der Waals surface area contributed by atoms with Crippen LogP contribution in [0.4, 0.5) is 5.69 Å². The van der Waals surface area contributed by atoms with Gasteiger partial charge >= 0.3 is 5.97 Å². The Kier molecular flexibility index (Phi) is 8.34. The molecule has 5 rings (SSSR count). The van der Waals surface area contributed by atoms with Gasteiger partial charge in [0.25, 0.3) is 5.91 Å². The summed E-state index contributed by atoms with van der Waals surface area (Å²) in [7, 11) is 0. The molecular formula is C33H37ClN2O6. The van der Waals surface area contributed by atoms with Crippen molar-refractivity contribution in [1.82, 2.24) is 4.90 Å². The van der Waals surface area contributed by atoms with Gasteiger partial charge in [0, 0.05) is 17.3 Å². The number of nitrogens with zero attached hydrogens (tertiary/aromatic N) is 2. The third-order valence-electron chi connectivity index (χ3n) is 9.22. The molecule has 3 fully saturated rings. The minimum atomic E-state index is -1.30. The van der Waals surface area contributed by atoms with Crippen molar-refractivity contribution in [2.75, 3.05) is 24.7 Å². The van der Waals surface area contributed by atoms with E-state index in [1.807, 2.05) is 44.2 Å². The second-order valence-corrected chi connectivity index (χ2v) is 12.0. The number of aliphatic hydroxyl groups excluding tert-OH is 1. The topological polar surface area (TPSA) is 96.4 Å². The van der Waals surface area contributed by atoms with Crippen LogP contribution in [-0.2, 0) is 30.3 Å². The largest absolute Gasteiger partial charge is 0.461 e. The lowest BCUT2D eigenvalue weighted by atomic mass is 9.62. The van der Waals surface area contributed by atoms with Gasteiger partial charge in [-0.1, -0.05) is 67.6 Å². The SMILES string of the molecule is C=CCOC(=O)[C@H]1[C@H]2C(=O)N([C@@H](CO)Cc3ccccc3)C(C(=O)N(CC=C)c3ccc(Cl)cc3)C23CC(C)[C@]1(C)O3. The van der Waals surface area contributed by atoms with Gasteiger partial charge in [-0.25, -0.2) is 0 Å². The number of amides is 2. The Morgan fingerprint density at radius 3 is 2.50 bits per heavy atom. The number of fused-ring (bicyclic) bond motifs is 1. The number of anilines is 1. The van der Waals surface area contributed by atoms with Crippen LogP contribution in [0.1, 0.15) is 25.8 Å². The van der Waals surface area contributed by atoms with Gasteiger partial charge in [-0.2, -0.15) is 0 Å². The predicted molar refractivity (Wildman–Crippen MR) is 160 cm³/mol. The fourth-order valence-electron chi connectivity index (χ4n) is 7.30. The number of hydrogen-bond donors (Lipinski definition) is 1. The number of halogens is 1. The maximum absolute atomic E-state index is 14.8. The Morgan fingerprint density at radius 2 is 1.88 bits per heavy atom. The summed E-state index contributed by atoms with van der Waals surface area (Å²) in [5, 5.41) is 11.2. The molecule has 7 atom stereocenters. The predicted octanol–water partition coefficient (Wildman–Crippen LogP) is 4.20. The second-order valence-electron chi connectivity index (χ2n) is 11.6. The van der Waals surface area contributed by atoms with Gasteiger partial charge in [0.15, 0.2) is 0 Å². The highest BCUT2D eigenvalue weighted by molar-refractivity contribution is 6.30. The molecule has 3 heterocycles. The van der Waals surface area contributed by atoms with Gasteiger partial charge in [0.05, 0.1) is 24.2 Å². The van der Waals surface area contributed by atoms with Crippen LogP contribution < -0.4 is 4.90 Å². The van der Waals surface area contributed by atoms with Crippen molar-refractivity contribution in [2.45, 2.75) is 50.0 Å². The molecule has 3 aliphatic rings. The highest BCUT2D eigenvalue weighted by Crippen LogP contribution is 2.65. The number of benzene rings is 2. The molecule has 0 aliphatic carbocycles. The van der Waals surface area contributed by atoms with Crippen molar-refractivity contribution in [3.8, 4) is 0 Å². The number of hydrogen-bond acceptors (Lipinski definition) is 6. The first-order chi connectivity index (χ1) is 20.1. The highest BCUT2D eigenvalue weighted by atomic mass is 35.5. The first kappa shape index (κ1) is 30.0. The standard InChI is InChI=1S/C33H37ClN2O6/c1-5-16-35(24-14-12-23(34)13-15-24)30(39)28-33-19-21(3)32(4,42-33)27(31(40)41-17-6-2)26(33)29(38)36(28)25(20-37)18-22-10-8-7-9-11-22/h5-15,21,25-28,37H,1-2,16-20H2,3-4H3/t21?,25-,26+,27-,28?,32+,33?/m1/s1. The second kappa shape index (κ2) is 11.7. The molecule has 222 valence electrons. The van der Waals surface area contributed by atoms with Crippen molar-refractivity contribution >= 4 is 35.1 Å². The zero-order valence-electron chi connectivity index (χ0n) is 23.9. The number of carbonyl (C=O) groups is 3. The van der Waals surface area contributed by atoms with Crippen molar-refractivity contribution < 1.29 is 29.0 Å².